The first-order valence-corrected chi connectivity index (χ1v) is 12.8. The van der Waals surface area contributed by atoms with Gasteiger partial charge in [0.15, 0.2) is 16.7 Å². The number of hydrogen-bond acceptors (Lipinski definition) is 7. The molecule has 2 heterocycles. The fraction of sp³-hybridized carbons (Fsp3) is 0.500. The highest BCUT2D eigenvalue weighted by Gasteiger charge is 2.26. The molecular weight excluding hydrogens is 434 g/mol. The second-order valence-corrected chi connectivity index (χ2v) is 9.49. The molecule has 0 aromatic heterocycles. The number of likely N-dealkylation sites (tertiary alicyclic amines) is 1. The first-order chi connectivity index (χ1) is 16.2. The van der Waals surface area contributed by atoms with Gasteiger partial charge in [-0.3, -0.25) is 0 Å². The summed E-state index contributed by atoms with van der Waals surface area (Å²) >= 11 is 1.86. The number of amidine groups is 1. The lowest BCUT2D eigenvalue weighted by Crippen LogP contribution is -2.45. The van der Waals surface area contributed by atoms with E-state index in [2.05, 4.69) is 41.1 Å². The van der Waals surface area contributed by atoms with E-state index in [9.17, 15) is 0 Å². The molecule has 0 saturated carbocycles. The molecule has 7 heteroatoms. The lowest BCUT2D eigenvalue weighted by molar-refractivity contribution is 0.161. The van der Waals surface area contributed by atoms with Crippen molar-refractivity contribution in [1.82, 2.24) is 9.80 Å². The van der Waals surface area contributed by atoms with Gasteiger partial charge in [0.05, 0.1) is 26.5 Å². The number of ether oxygens (including phenoxy) is 3. The molecule has 0 aliphatic carbocycles. The van der Waals surface area contributed by atoms with Crippen LogP contribution in [-0.2, 0) is 5.75 Å². The number of thioether (sulfide) groups is 1. The van der Waals surface area contributed by atoms with Crippen LogP contribution < -0.4 is 14.2 Å². The zero-order valence-corrected chi connectivity index (χ0v) is 20.8. The van der Waals surface area contributed by atoms with Crippen molar-refractivity contribution in [3.8, 4) is 17.2 Å². The first kappa shape index (κ1) is 23.8. The number of hydrogen-bond donors (Lipinski definition) is 0. The molecule has 1 fully saturated rings. The summed E-state index contributed by atoms with van der Waals surface area (Å²) in [4.78, 5) is 9.91. The summed E-state index contributed by atoms with van der Waals surface area (Å²) in [7, 11) is 5.52. The molecule has 2 aliphatic rings. The molecule has 0 bridgehead atoms. The predicted molar refractivity (Wildman–Crippen MR) is 136 cm³/mol. The highest BCUT2D eigenvalue weighted by Crippen LogP contribution is 2.37. The van der Waals surface area contributed by atoms with E-state index in [1.807, 2.05) is 30.0 Å². The second-order valence-electron chi connectivity index (χ2n) is 8.54. The van der Waals surface area contributed by atoms with Crippen molar-refractivity contribution >= 4 is 22.6 Å². The number of nitrogens with zero attached hydrogens (tertiary/aromatic N) is 3. The van der Waals surface area contributed by atoms with Crippen LogP contribution >= 0.6 is 11.8 Å². The Balaban J connectivity index is 1.18. The Hall–Kier alpha value is -2.38. The van der Waals surface area contributed by atoms with Crippen LogP contribution in [0.4, 0.5) is 5.69 Å². The van der Waals surface area contributed by atoms with Crippen LogP contribution in [0.3, 0.4) is 0 Å². The van der Waals surface area contributed by atoms with Gasteiger partial charge in [-0.1, -0.05) is 36.0 Å². The van der Waals surface area contributed by atoms with E-state index in [1.165, 1.54) is 18.4 Å². The van der Waals surface area contributed by atoms with Crippen molar-refractivity contribution in [3.63, 3.8) is 0 Å². The molecule has 4 rings (SSSR count). The Kier molecular flexibility index (Phi) is 8.40. The second kappa shape index (κ2) is 11.7. The average molecular weight is 470 g/mol. The van der Waals surface area contributed by atoms with E-state index < -0.39 is 0 Å². The largest absolute Gasteiger partial charge is 0.493 e. The maximum Gasteiger partial charge on any atom is 0.203 e. The molecule has 0 amide bonds. The summed E-state index contributed by atoms with van der Waals surface area (Å²) in [5.41, 5.74) is 2.46. The number of aliphatic imine (C=N–C) groups is 1. The molecule has 0 spiro atoms. The maximum absolute atomic E-state index is 5.99. The summed E-state index contributed by atoms with van der Waals surface area (Å²) < 4.78 is 16.8. The molecule has 0 atom stereocenters. The van der Waals surface area contributed by atoms with Crippen LogP contribution in [0.5, 0.6) is 17.2 Å². The predicted octanol–water partition coefficient (Wildman–Crippen LogP) is 5.19. The van der Waals surface area contributed by atoms with Gasteiger partial charge in [-0.05, 0) is 56.0 Å². The Morgan fingerprint density at radius 3 is 2.45 bits per heavy atom. The van der Waals surface area contributed by atoms with Gasteiger partial charge in [0.1, 0.15) is 0 Å². The monoisotopic (exact) mass is 469 g/mol. The Labute approximate surface area is 201 Å². The Morgan fingerprint density at radius 1 is 1.00 bits per heavy atom. The lowest BCUT2D eigenvalue weighted by atomic mass is 10.0. The average Bonchev–Trinajstić information content (AvgIpc) is 2.88. The number of benzene rings is 2. The third-order valence-electron chi connectivity index (χ3n) is 6.47. The normalized spacial score (nSPS) is 16.6. The standard InChI is InChI=1S/C26H35N3O3S/c1-28(26-27-22-10-5-4-9-20(22)19-33-26)21-13-16-29(17-14-21)15-6-7-18-32-25-23(30-2)11-8-12-24(25)31-3/h4-5,8-12,21H,6-7,13-19H2,1-3H3. The van der Waals surface area contributed by atoms with Crippen LogP contribution in [0.25, 0.3) is 0 Å². The van der Waals surface area contributed by atoms with Gasteiger partial charge in [-0.15, -0.1) is 0 Å². The highest BCUT2D eigenvalue weighted by atomic mass is 32.2. The van der Waals surface area contributed by atoms with Crippen LogP contribution in [0.2, 0.25) is 0 Å². The Bertz CT molecular complexity index is 922. The number of rotatable bonds is 9. The van der Waals surface area contributed by atoms with Crippen molar-refractivity contribution in [2.24, 2.45) is 4.99 Å². The van der Waals surface area contributed by atoms with Crippen molar-refractivity contribution in [3.05, 3.63) is 48.0 Å². The van der Waals surface area contributed by atoms with Crippen LogP contribution in [-0.4, -0.2) is 68.5 Å². The van der Waals surface area contributed by atoms with E-state index in [0.717, 1.165) is 49.1 Å². The Morgan fingerprint density at radius 2 is 1.73 bits per heavy atom. The van der Waals surface area contributed by atoms with Gasteiger partial charge in [-0.25, -0.2) is 4.99 Å². The molecule has 0 unspecified atom stereocenters. The highest BCUT2D eigenvalue weighted by molar-refractivity contribution is 8.13. The fourth-order valence-electron chi connectivity index (χ4n) is 4.46. The number of unbranched alkanes of at least 4 members (excludes halogenated alkanes) is 1. The van der Waals surface area contributed by atoms with Gasteiger partial charge in [-0.2, -0.15) is 0 Å². The fourth-order valence-corrected chi connectivity index (χ4v) is 5.50. The van der Waals surface area contributed by atoms with Gasteiger partial charge in [0, 0.05) is 31.9 Å². The SMILES string of the molecule is COc1cccc(OC)c1OCCCCN1CCC(N(C)C2=Nc3ccccc3CS2)CC1. The third kappa shape index (κ3) is 5.95. The topological polar surface area (TPSA) is 46.5 Å². The number of methoxy groups -OCH3 is 2. The van der Waals surface area contributed by atoms with E-state index in [0.29, 0.717) is 29.9 Å². The number of piperidine rings is 1. The smallest absolute Gasteiger partial charge is 0.203 e. The molecule has 0 N–H and O–H groups in total. The van der Waals surface area contributed by atoms with Crippen molar-refractivity contribution in [2.45, 2.75) is 37.5 Å². The van der Waals surface area contributed by atoms with Crippen LogP contribution in [0, 0.1) is 0 Å². The molecule has 178 valence electrons. The minimum absolute atomic E-state index is 0.569. The molecular formula is C26H35N3O3S. The van der Waals surface area contributed by atoms with E-state index in [1.54, 1.807) is 14.2 Å². The van der Waals surface area contributed by atoms with Crippen molar-refractivity contribution in [1.29, 1.82) is 0 Å². The van der Waals surface area contributed by atoms with Gasteiger partial charge in [0.25, 0.3) is 0 Å². The molecule has 2 aromatic rings. The zero-order chi connectivity index (χ0) is 23.0. The van der Waals surface area contributed by atoms with Crippen LogP contribution in [0.15, 0.2) is 47.5 Å². The third-order valence-corrected chi connectivity index (χ3v) is 7.56. The number of para-hydroxylation sites is 2. The van der Waals surface area contributed by atoms with Gasteiger partial charge < -0.3 is 24.0 Å². The number of fused-ring (bicyclic) bond motifs is 1. The van der Waals surface area contributed by atoms with E-state index in [-0.39, 0.29) is 0 Å². The first-order valence-electron chi connectivity index (χ1n) is 11.8. The van der Waals surface area contributed by atoms with Gasteiger partial charge in [0.2, 0.25) is 5.75 Å². The lowest BCUT2D eigenvalue weighted by Gasteiger charge is -2.38. The van der Waals surface area contributed by atoms with Crippen molar-refractivity contribution in [2.75, 3.05) is 47.5 Å². The molecule has 2 aliphatic heterocycles. The molecule has 33 heavy (non-hydrogen) atoms. The van der Waals surface area contributed by atoms with E-state index in [4.69, 9.17) is 19.2 Å². The van der Waals surface area contributed by atoms with Crippen LogP contribution in [0.1, 0.15) is 31.2 Å². The summed E-state index contributed by atoms with van der Waals surface area (Å²) in [6.45, 7) is 4.07. The summed E-state index contributed by atoms with van der Waals surface area (Å²) in [5.74, 6) is 3.13. The molecule has 2 aromatic carbocycles. The van der Waals surface area contributed by atoms with Gasteiger partial charge >= 0.3 is 0 Å². The minimum atomic E-state index is 0.569. The van der Waals surface area contributed by atoms with E-state index >= 15 is 0 Å². The quantitative estimate of drug-likeness (QED) is 0.471. The summed E-state index contributed by atoms with van der Waals surface area (Å²) in [6.07, 6.45) is 4.50. The molecule has 1 saturated heterocycles. The zero-order valence-electron chi connectivity index (χ0n) is 20.0. The summed E-state index contributed by atoms with van der Waals surface area (Å²) in [5, 5.41) is 1.16. The van der Waals surface area contributed by atoms with Crippen molar-refractivity contribution < 1.29 is 14.2 Å². The maximum atomic E-state index is 5.99. The molecule has 0 radical (unpaired) electrons. The minimum Gasteiger partial charge on any atom is -0.493 e. The summed E-state index contributed by atoms with van der Waals surface area (Å²) in [6, 6.07) is 14.7. The molecule has 6 nitrogen and oxygen atoms in total.